The number of hydrogen-bond acceptors (Lipinski definition) is 2. The molecule has 0 spiro atoms. The van der Waals surface area contributed by atoms with Crippen LogP contribution in [-0.4, -0.2) is 33.6 Å². The van der Waals surface area contributed by atoms with E-state index in [4.69, 9.17) is 0 Å². The van der Waals surface area contributed by atoms with Crippen LogP contribution in [0.25, 0.3) is 0 Å². The molecule has 1 aromatic carbocycles. The molecule has 1 aliphatic rings. The minimum Gasteiger partial charge on any atom is -0.336 e. The van der Waals surface area contributed by atoms with Crippen LogP contribution >= 0.6 is 0 Å². The van der Waals surface area contributed by atoms with Crippen molar-refractivity contribution >= 4 is 6.03 Å². The van der Waals surface area contributed by atoms with Gasteiger partial charge in [-0.15, -0.1) is 0 Å². The SMILES string of the molecule is CC1=CCN(C(=O)NC(c2ccc(F)cc2F)c2nccn2C)CC1. The summed E-state index contributed by atoms with van der Waals surface area (Å²) in [6.07, 6.45) is 6.09. The molecule has 1 unspecified atom stereocenters. The smallest absolute Gasteiger partial charge is 0.318 e. The van der Waals surface area contributed by atoms with Gasteiger partial charge in [-0.1, -0.05) is 17.7 Å². The number of nitrogens with zero attached hydrogens (tertiary/aromatic N) is 3. The van der Waals surface area contributed by atoms with Crippen molar-refractivity contribution in [3.63, 3.8) is 0 Å². The monoisotopic (exact) mass is 346 g/mol. The molecule has 3 rings (SSSR count). The molecule has 25 heavy (non-hydrogen) atoms. The molecule has 1 N–H and O–H groups in total. The third kappa shape index (κ3) is 3.70. The van der Waals surface area contributed by atoms with E-state index in [9.17, 15) is 13.6 Å². The highest BCUT2D eigenvalue weighted by molar-refractivity contribution is 5.75. The third-order valence-corrected chi connectivity index (χ3v) is 4.38. The van der Waals surface area contributed by atoms with E-state index in [0.29, 0.717) is 18.9 Å². The van der Waals surface area contributed by atoms with Crippen LogP contribution in [0.5, 0.6) is 0 Å². The van der Waals surface area contributed by atoms with Gasteiger partial charge in [0, 0.05) is 44.2 Å². The largest absolute Gasteiger partial charge is 0.336 e. The number of nitrogens with one attached hydrogen (secondary N) is 1. The Morgan fingerprint density at radius 3 is 2.76 bits per heavy atom. The van der Waals surface area contributed by atoms with E-state index in [1.807, 2.05) is 13.0 Å². The van der Waals surface area contributed by atoms with Crippen LogP contribution in [0.3, 0.4) is 0 Å². The van der Waals surface area contributed by atoms with E-state index in [1.54, 1.807) is 28.9 Å². The number of aromatic nitrogens is 2. The molecule has 2 aromatic rings. The molecule has 7 heteroatoms. The van der Waals surface area contributed by atoms with E-state index in [0.717, 1.165) is 12.5 Å². The van der Waals surface area contributed by atoms with E-state index >= 15 is 0 Å². The van der Waals surface area contributed by atoms with Gasteiger partial charge in [-0.2, -0.15) is 0 Å². The molecule has 0 aliphatic carbocycles. The van der Waals surface area contributed by atoms with Crippen LogP contribution in [0, 0.1) is 11.6 Å². The Labute approximate surface area is 145 Å². The lowest BCUT2D eigenvalue weighted by atomic mass is 10.1. The summed E-state index contributed by atoms with van der Waals surface area (Å²) in [6.45, 7) is 3.14. The topological polar surface area (TPSA) is 50.2 Å². The number of urea groups is 1. The van der Waals surface area contributed by atoms with Crippen molar-refractivity contribution in [2.45, 2.75) is 19.4 Å². The van der Waals surface area contributed by atoms with Gasteiger partial charge < -0.3 is 14.8 Å². The van der Waals surface area contributed by atoms with Gasteiger partial charge in [0.05, 0.1) is 0 Å². The molecular weight excluding hydrogens is 326 g/mol. The Bertz CT molecular complexity index is 815. The summed E-state index contributed by atoms with van der Waals surface area (Å²) in [5, 5.41) is 2.83. The van der Waals surface area contributed by atoms with Gasteiger partial charge in [0.25, 0.3) is 0 Å². The molecule has 1 atom stereocenters. The second-order valence-electron chi connectivity index (χ2n) is 6.19. The zero-order chi connectivity index (χ0) is 18.0. The van der Waals surface area contributed by atoms with Crippen molar-refractivity contribution in [2.75, 3.05) is 13.1 Å². The van der Waals surface area contributed by atoms with Crippen LogP contribution in [0.1, 0.15) is 30.8 Å². The van der Waals surface area contributed by atoms with Gasteiger partial charge in [0.1, 0.15) is 23.5 Å². The lowest BCUT2D eigenvalue weighted by molar-refractivity contribution is 0.198. The van der Waals surface area contributed by atoms with E-state index in [2.05, 4.69) is 10.3 Å². The number of imidazole rings is 1. The molecule has 0 radical (unpaired) electrons. The maximum atomic E-state index is 14.3. The summed E-state index contributed by atoms with van der Waals surface area (Å²) in [4.78, 5) is 18.5. The normalized spacial score (nSPS) is 15.7. The van der Waals surface area contributed by atoms with Crippen molar-refractivity contribution in [1.82, 2.24) is 19.8 Å². The Morgan fingerprint density at radius 1 is 1.36 bits per heavy atom. The zero-order valence-electron chi connectivity index (χ0n) is 14.2. The number of rotatable bonds is 3. The summed E-state index contributed by atoms with van der Waals surface area (Å²) in [6, 6.07) is 2.21. The summed E-state index contributed by atoms with van der Waals surface area (Å²) in [5.74, 6) is -0.909. The summed E-state index contributed by atoms with van der Waals surface area (Å²) in [7, 11) is 1.76. The fourth-order valence-corrected chi connectivity index (χ4v) is 2.84. The van der Waals surface area contributed by atoms with Crippen molar-refractivity contribution in [2.24, 2.45) is 7.05 Å². The van der Waals surface area contributed by atoms with Crippen LogP contribution < -0.4 is 5.32 Å². The molecule has 1 aliphatic heterocycles. The molecule has 2 heterocycles. The van der Waals surface area contributed by atoms with Gasteiger partial charge in [0.2, 0.25) is 0 Å². The maximum absolute atomic E-state index is 14.3. The number of carbonyl (C=O) groups is 1. The minimum atomic E-state index is -0.805. The predicted molar refractivity (Wildman–Crippen MR) is 89.9 cm³/mol. The van der Waals surface area contributed by atoms with Crippen LogP contribution in [-0.2, 0) is 7.05 Å². The highest BCUT2D eigenvalue weighted by atomic mass is 19.1. The van der Waals surface area contributed by atoms with Crippen molar-refractivity contribution < 1.29 is 13.6 Å². The predicted octanol–water partition coefficient (Wildman–Crippen LogP) is 3.15. The highest BCUT2D eigenvalue weighted by Gasteiger charge is 2.26. The first-order chi connectivity index (χ1) is 12.0. The Balaban J connectivity index is 1.90. The van der Waals surface area contributed by atoms with Gasteiger partial charge >= 0.3 is 6.03 Å². The average molecular weight is 346 g/mol. The van der Waals surface area contributed by atoms with Crippen molar-refractivity contribution in [1.29, 1.82) is 0 Å². The minimum absolute atomic E-state index is 0.174. The van der Waals surface area contributed by atoms with Crippen LogP contribution in [0.2, 0.25) is 0 Å². The summed E-state index contributed by atoms with van der Waals surface area (Å²) in [5.41, 5.74) is 1.42. The van der Waals surface area contributed by atoms with Crippen LogP contribution in [0.15, 0.2) is 42.2 Å². The second-order valence-corrected chi connectivity index (χ2v) is 6.19. The fourth-order valence-electron chi connectivity index (χ4n) is 2.84. The Hall–Kier alpha value is -2.70. The van der Waals surface area contributed by atoms with Gasteiger partial charge in [-0.3, -0.25) is 0 Å². The van der Waals surface area contributed by atoms with Gasteiger partial charge in [-0.25, -0.2) is 18.6 Å². The quantitative estimate of drug-likeness (QED) is 0.868. The number of hydrogen-bond donors (Lipinski definition) is 1. The average Bonchev–Trinajstić information content (AvgIpc) is 2.99. The summed E-state index contributed by atoms with van der Waals surface area (Å²) >= 11 is 0. The number of aryl methyl sites for hydroxylation is 1. The molecular formula is C18H20F2N4O. The zero-order valence-corrected chi connectivity index (χ0v) is 14.2. The molecule has 1 aromatic heterocycles. The number of carbonyl (C=O) groups excluding carboxylic acids is 1. The molecule has 0 saturated heterocycles. The summed E-state index contributed by atoms with van der Waals surface area (Å²) < 4.78 is 29.3. The first kappa shape index (κ1) is 17.1. The lowest BCUT2D eigenvalue weighted by Gasteiger charge is -2.28. The molecule has 5 nitrogen and oxygen atoms in total. The molecule has 0 saturated carbocycles. The Kier molecular flexibility index (Phi) is 4.83. The van der Waals surface area contributed by atoms with Gasteiger partial charge in [0.15, 0.2) is 0 Å². The third-order valence-electron chi connectivity index (χ3n) is 4.38. The number of amides is 2. The van der Waals surface area contributed by atoms with Crippen molar-refractivity contribution in [3.05, 3.63) is 65.3 Å². The number of halogens is 2. The number of benzene rings is 1. The first-order valence-corrected chi connectivity index (χ1v) is 8.09. The highest BCUT2D eigenvalue weighted by Crippen LogP contribution is 2.24. The lowest BCUT2D eigenvalue weighted by Crippen LogP contribution is -2.44. The van der Waals surface area contributed by atoms with Crippen molar-refractivity contribution in [3.8, 4) is 0 Å². The fraction of sp³-hybridized carbons (Fsp3) is 0.333. The molecule has 0 bridgehead atoms. The molecule has 2 amide bonds. The second kappa shape index (κ2) is 7.04. The molecule has 132 valence electrons. The standard InChI is InChI=1S/C18H20F2N4O/c1-12-5-8-24(9-6-12)18(25)22-16(17-21-7-10-23(17)2)14-4-3-13(19)11-15(14)20/h3-5,7,10-11,16H,6,8-9H2,1-2H3,(H,22,25). The van der Waals surface area contributed by atoms with Gasteiger partial charge in [-0.05, 0) is 19.4 Å². The van der Waals surface area contributed by atoms with E-state index in [1.165, 1.54) is 17.7 Å². The Morgan fingerprint density at radius 2 is 2.16 bits per heavy atom. The molecule has 0 fully saturated rings. The van der Waals surface area contributed by atoms with E-state index in [-0.39, 0.29) is 11.6 Å². The first-order valence-electron chi connectivity index (χ1n) is 8.09. The van der Waals surface area contributed by atoms with E-state index < -0.39 is 17.7 Å². The van der Waals surface area contributed by atoms with Crippen LogP contribution in [0.4, 0.5) is 13.6 Å². The maximum Gasteiger partial charge on any atom is 0.318 e.